The van der Waals surface area contributed by atoms with Crippen molar-refractivity contribution in [3.63, 3.8) is 0 Å². The molecule has 1 aromatic carbocycles. The van der Waals surface area contributed by atoms with Gasteiger partial charge in [0.25, 0.3) is 0 Å². The zero-order valence-corrected chi connectivity index (χ0v) is 17.3. The number of piperazine rings is 1. The largest absolute Gasteiger partial charge is 0.367 e. The van der Waals surface area contributed by atoms with Crippen molar-refractivity contribution in [2.45, 2.75) is 25.7 Å². The first-order valence-corrected chi connectivity index (χ1v) is 11.2. The number of aromatic nitrogens is 1. The number of hydrogen-bond acceptors (Lipinski definition) is 5. The molecule has 2 aliphatic rings. The van der Waals surface area contributed by atoms with E-state index in [1.165, 1.54) is 5.69 Å². The van der Waals surface area contributed by atoms with Gasteiger partial charge >= 0.3 is 6.03 Å². The summed E-state index contributed by atoms with van der Waals surface area (Å²) in [5.41, 5.74) is 5.12. The lowest BCUT2D eigenvalue weighted by Gasteiger charge is -2.37. The minimum atomic E-state index is 0.0105. The van der Waals surface area contributed by atoms with Crippen LogP contribution >= 0.6 is 11.3 Å². The van der Waals surface area contributed by atoms with Gasteiger partial charge in [-0.15, -0.1) is 11.3 Å². The van der Waals surface area contributed by atoms with Crippen LogP contribution in [0, 0.1) is 0 Å². The van der Waals surface area contributed by atoms with Gasteiger partial charge in [0.1, 0.15) is 0 Å². The average Bonchev–Trinajstić information content (AvgIpc) is 3.29. The summed E-state index contributed by atoms with van der Waals surface area (Å²) in [6.07, 6.45) is 1.97. The lowest BCUT2D eigenvalue weighted by molar-refractivity contribution is 0.194. The summed E-state index contributed by atoms with van der Waals surface area (Å²) in [6, 6.07) is 8.19. The van der Waals surface area contributed by atoms with Crippen LogP contribution in [0.15, 0.2) is 35.2 Å². The number of carbonyl (C=O) groups excluding carboxylic acids is 1. The molecule has 150 valence electrons. The van der Waals surface area contributed by atoms with Gasteiger partial charge in [-0.2, -0.15) is 0 Å². The smallest absolute Gasteiger partial charge is 0.321 e. The highest BCUT2D eigenvalue weighted by molar-refractivity contribution is 7.07. The SMILES string of the molecule is CCN1CCN(c2ccccc2NC(=O)N2CCC(c3cscn3)CC2)CC1. The molecule has 1 aromatic heterocycles. The average molecular weight is 400 g/mol. The zero-order valence-electron chi connectivity index (χ0n) is 16.5. The predicted molar refractivity (Wildman–Crippen MR) is 115 cm³/mol. The first kappa shape index (κ1) is 19.2. The molecule has 0 radical (unpaired) electrons. The van der Waals surface area contributed by atoms with Crippen LogP contribution in [0.5, 0.6) is 0 Å². The molecule has 0 spiro atoms. The Labute approximate surface area is 171 Å². The molecular weight excluding hydrogens is 370 g/mol. The molecule has 0 unspecified atom stereocenters. The predicted octanol–water partition coefficient (Wildman–Crippen LogP) is 3.70. The highest BCUT2D eigenvalue weighted by Gasteiger charge is 2.26. The molecule has 6 nitrogen and oxygen atoms in total. The Morgan fingerprint density at radius 1 is 1.14 bits per heavy atom. The minimum absolute atomic E-state index is 0.0105. The van der Waals surface area contributed by atoms with Crippen LogP contribution in [0.2, 0.25) is 0 Å². The molecule has 2 saturated heterocycles. The second kappa shape index (κ2) is 8.92. The maximum absolute atomic E-state index is 12.9. The van der Waals surface area contributed by atoms with Crippen molar-refractivity contribution in [2.75, 3.05) is 56.0 Å². The topological polar surface area (TPSA) is 51.7 Å². The van der Waals surface area contributed by atoms with E-state index < -0.39 is 0 Å². The summed E-state index contributed by atoms with van der Waals surface area (Å²) in [4.78, 5) is 24.1. The number of para-hydroxylation sites is 2. The lowest BCUT2D eigenvalue weighted by atomic mass is 9.94. The minimum Gasteiger partial charge on any atom is -0.367 e. The van der Waals surface area contributed by atoms with Crippen molar-refractivity contribution in [2.24, 2.45) is 0 Å². The first-order valence-electron chi connectivity index (χ1n) is 10.2. The maximum Gasteiger partial charge on any atom is 0.321 e. The van der Waals surface area contributed by atoms with E-state index in [1.54, 1.807) is 11.3 Å². The summed E-state index contributed by atoms with van der Waals surface area (Å²) in [5.74, 6) is 0.484. The molecule has 2 amide bonds. The van der Waals surface area contributed by atoms with E-state index in [2.05, 4.69) is 44.5 Å². The second-order valence-electron chi connectivity index (χ2n) is 7.54. The van der Waals surface area contributed by atoms with E-state index in [9.17, 15) is 4.79 Å². The Balaban J connectivity index is 1.36. The number of likely N-dealkylation sites (tertiary alicyclic amines) is 1. The molecule has 3 heterocycles. The van der Waals surface area contributed by atoms with Gasteiger partial charge in [0, 0.05) is 50.6 Å². The number of piperidine rings is 1. The van der Waals surface area contributed by atoms with Gasteiger partial charge in [-0.05, 0) is 31.5 Å². The number of amides is 2. The molecule has 2 aromatic rings. The number of nitrogens with one attached hydrogen (secondary N) is 1. The molecule has 0 aliphatic carbocycles. The molecule has 0 atom stereocenters. The molecule has 2 fully saturated rings. The summed E-state index contributed by atoms with van der Waals surface area (Å²) >= 11 is 1.65. The van der Waals surface area contributed by atoms with Crippen molar-refractivity contribution in [3.8, 4) is 0 Å². The van der Waals surface area contributed by atoms with E-state index in [0.29, 0.717) is 5.92 Å². The highest BCUT2D eigenvalue weighted by atomic mass is 32.1. The molecule has 4 rings (SSSR count). The summed E-state index contributed by atoms with van der Waals surface area (Å²) in [5, 5.41) is 5.30. The fourth-order valence-electron chi connectivity index (χ4n) is 4.16. The lowest BCUT2D eigenvalue weighted by Crippen LogP contribution is -2.46. The monoisotopic (exact) mass is 399 g/mol. The summed E-state index contributed by atoms with van der Waals surface area (Å²) in [7, 11) is 0. The van der Waals surface area contributed by atoms with Crippen molar-refractivity contribution in [1.29, 1.82) is 0 Å². The van der Waals surface area contributed by atoms with Crippen LogP contribution < -0.4 is 10.2 Å². The molecule has 0 bridgehead atoms. The number of carbonyl (C=O) groups is 1. The standard InChI is InChI=1S/C21H29N5OS/c1-2-24-11-13-25(14-12-24)20-6-4-3-5-18(20)23-21(27)26-9-7-17(8-10-26)19-15-28-16-22-19/h3-6,15-17H,2,7-14H2,1H3,(H,23,27). The number of hydrogen-bond donors (Lipinski definition) is 1. The Hall–Kier alpha value is -2.12. The maximum atomic E-state index is 12.9. The van der Waals surface area contributed by atoms with Crippen molar-refractivity contribution in [1.82, 2.24) is 14.8 Å². The quantitative estimate of drug-likeness (QED) is 0.852. The second-order valence-corrected chi connectivity index (χ2v) is 8.26. The van der Waals surface area contributed by atoms with Crippen molar-refractivity contribution in [3.05, 3.63) is 40.8 Å². The van der Waals surface area contributed by atoms with Crippen LogP contribution in [-0.4, -0.2) is 66.6 Å². The number of rotatable bonds is 4. The number of likely N-dealkylation sites (N-methyl/N-ethyl adjacent to an activating group) is 1. The Morgan fingerprint density at radius 3 is 2.57 bits per heavy atom. The number of benzene rings is 1. The van der Waals surface area contributed by atoms with Crippen LogP contribution in [0.3, 0.4) is 0 Å². The molecule has 28 heavy (non-hydrogen) atoms. The van der Waals surface area contributed by atoms with Gasteiger partial charge in [-0.25, -0.2) is 9.78 Å². The normalized spacial score (nSPS) is 19.0. The highest BCUT2D eigenvalue weighted by Crippen LogP contribution is 2.30. The molecule has 1 N–H and O–H groups in total. The van der Waals surface area contributed by atoms with Gasteiger partial charge in [0.15, 0.2) is 0 Å². The third-order valence-electron chi connectivity index (χ3n) is 5.96. The van der Waals surface area contributed by atoms with Gasteiger partial charge in [0.2, 0.25) is 0 Å². The van der Waals surface area contributed by atoms with Gasteiger partial charge < -0.3 is 20.0 Å². The van der Waals surface area contributed by atoms with Crippen LogP contribution in [0.1, 0.15) is 31.4 Å². The van der Waals surface area contributed by atoms with Crippen LogP contribution in [0.4, 0.5) is 16.2 Å². The van der Waals surface area contributed by atoms with E-state index >= 15 is 0 Å². The third-order valence-corrected chi connectivity index (χ3v) is 6.56. The van der Waals surface area contributed by atoms with Crippen molar-refractivity contribution >= 4 is 28.7 Å². The molecule has 2 aliphatic heterocycles. The van der Waals surface area contributed by atoms with E-state index in [-0.39, 0.29) is 6.03 Å². The number of anilines is 2. The Bertz CT molecular complexity index is 765. The molecule has 0 saturated carbocycles. The summed E-state index contributed by atoms with van der Waals surface area (Å²) < 4.78 is 0. The Kier molecular flexibility index (Phi) is 6.12. The van der Waals surface area contributed by atoms with E-state index in [0.717, 1.165) is 70.0 Å². The zero-order chi connectivity index (χ0) is 19.3. The van der Waals surface area contributed by atoms with Gasteiger partial charge in [0.05, 0.1) is 22.6 Å². The fraction of sp³-hybridized carbons (Fsp3) is 0.524. The fourth-order valence-corrected chi connectivity index (χ4v) is 4.79. The third kappa shape index (κ3) is 4.31. The molecular formula is C21H29N5OS. The van der Waals surface area contributed by atoms with Crippen molar-refractivity contribution < 1.29 is 4.79 Å². The van der Waals surface area contributed by atoms with Gasteiger partial charge in [-0.1, -0.05) is 19.1 Å². The number of thiazole rings is 1. The molecule has 7 heteroatoms. The van der Waals surface area contributed by atoms with E-state index in [4.69, 9.17) is 0 Å². The Morgan fingerprint density at radius 2 is 1.89 bits per heavy atom. The first-order chi connectivity index (χ1) is 13.7. The van der Waals surface area contributed by atoms with Crippen LogP contribution in [-0.2, 0) is 0 Å². The van der Waals surface area contributed by atoms with E-state index in [1.807, 2.05) is 22.5 Å². The number of urea groups is 1. The van der Waals surface area contributed by atoms with Gasteiger partial charge in [-0.3, -0.25) is 0 Å². The van der Waals surface area contributed by atoms with Crippen LogP contribution in [0.25, 0.3) is 0 Å². The summed E-state index contributed by atoms with van der Waals surface area (Å²) in [6.45, 7) is 9.02. The number of nitrogens with zero attached hydrogens (tertiary/aromatic N) is 4.